The third-order valence-electron chi connectivity index (χ3n) is 3.42. The normalized spacial score (nSPS) is 14.6. The van der Waals surface area contributed by atoms with Gasteiger partial charge in [-0.1, -0.05) is 40.2 Å². The quantitative estimate of drug-likeness (QED) is 0.777. The first-order chi connectivity index (χ1) is 8.22. The summed E-state index contributed by atoms with van der Waals surface area (Å²) in [6.45, 7) is 9.94. The van der Waals surface area contributed by atoms with Crippen molar-refractivity contribution in [2.45, 2.75) is 53.0 Å². The molecule has 1 N–H and O–H groups in total. The van der Waals surface area contributed by atoms with Gasteiger partial charge in [0.25, 0.3) is 0 Å². The highest BCUT2D eigenvalue weighted by molar-refractivity contribution is 5.22. The van der Waals surface area contributed by atoms with Crippen molar-refractivity contribution < 1.29 is 0 Å². The number of rotatable bonds is 7. The third kappa shape index (κ3) is 4.12. The summed E-state index contributed by atoms with van der Waals surface area (Å²) < 4.78 is 0. The molecule has 1 aromatic rings. The molecule has 2 atom stereocenters. The van der Waals surface area contributed by atoms with Crippen molar-refractivity contribution in [2.75, 3.05) is 6.54 Å². The van der Waals surface area contributed by atoms with Gasteiger partial charge in [-0.15, -0.1) is 0 Å². The van der Waals surface area contributed by atoms with E-state index in [0.717, 1.165) is 18.9 Å². The summed E-state index contributed by atoms with van der Waals surface area (Å²) in [5.41, 5.74) is 2.62. The number of aromatic nitrogens is 1. The first-order valence-corrected chi connectivity index (χ1v) is 6.90. The molecule has 1 aromatic heterocycles. The Kier molecular flexibility index (Phi) is 6.20. The standard InChI is InChI=1S/C15H26N2/c1-5-12(4)11-14(16-7-3)15-13(6-2)9-8-10-17-15/h8-10,12,14,16H,5-7,11H2,1-4H3. The van der Waals surface area contributed by atoms with Gasteiger partial charge < -0.3 is 5.32 Å². The van der Waals surface area contributed by atoms with E-state index in [1.165, 1.54) is 24.1 Å². The lowest BCUT2D eigenvalue weighted by molar-refractivity contribution is 0.400. The van der Waals surface area contributed by atoms with Gasteiger partial charge in [0.05, 0.1) is 5.69 Å². The Morgan fingerprint density at radius 3 is 2.65 bits per heavy atom. The van der Waals surface area contributed by atoms with Crippen LogP contribution in [0.15, 0.2) is 18.3 Å². The zero-order valence-corrected chi connectivity index (χ0v) is 11.7. The molecule has 0 amide bonds. The van der Waals surface area contributed by atoms with E-state index in [0.29, 0.717) is 6.04 Å². The number of pyridine rings is 1. The lowest BCUT2D eigenvalue weighted by Gasteiger charge is -2.22. The van der Waals surface area contributed by atoms with Crippen LogP contribution < -0.4 is 5.32 Å². The Labute approximate surface area is 106 Å². The fraction of sp³-hybridized carbons (Fsp3) is 0.667. The van der Waals surface area contributed by atoms with Crippen LogP contribution in [0.4, 0.5) is 0 Å². The summed E-state index contributed by atoms with van der Waals surface area (Å²) >= 11 is 0. The van der Waals surface area contributed by atoms with Gasteiger partial charge in [-0.05, 0) is 36.9 Å². The van der Waals surface area contributed by atoms with E-state index in [-0.39, 0.29) is 0 Å². The van der Waals surface area contributed by atoms with E-state index in [9.17, 15) is 0 Å². The van der Waals surface area contributed by atoms with Gasteiger partial charge in [0.15, 0.2) is 0 Å². The van der Waals surface area contributed by atoms with Crippen molar-refractivity contribution in [1.29, 1.82) is 0 Å². The summed E-state index contributed by atoms with van der Waals surface area (Å²) in [6.07, 6.45) is 5.38. The second-order valence-electron chi connectivity index (χ2n) is 4.76. The highest BCUT2D eigenvalue weighted by Gasteiger charge is 2.17. The van der Waals surface area contributed by atoms with Gasteiger partial charge in [0, 0.05) is 12.2 Å². The molecule has 1 heterocycles. The average molecular weight is 234 g/mol. The molecule has 96 valence electrons. The van der Waals surface area contributed by atoms with Crippen molar-refractivity contribution in [2.24, 2.45) is 5.92 Å². The number of nitrogens with zero attached hydrogens (tertiary/aromatic N) is 1. The van der Waals surface area contributed by atoms with E-state index in [2.05, 4.69) is 44.1 Å². The van der Waals surface area contributed by atoms with Gasteiger partial charge in [0.2, 0.25) is 0 Å². The molecule has 0 radical (unpaired) electrons. The van der Waals surface area contributed by atoms with Crippen LogP contribution in [0.3, 0.4) is 0 Å². The molecule has 17 heavy (non-hydrogen) atoms. The fourth-order valence-corrected chi connectivity index (χ4v) is 2.17. The largest absolute Gasteiger partial charge is 0.309 e. The van der Waals surface area contributed by atoms with Gasteiger partial charge in [-0.3, -0.25) is 4.98 Å². The average Bonchev–Trinajstić information content (AvgIpc) is 2.38. The molecule has 2 unspecified atom stereocenters. The Morgan fingerprint density at radius 1 is 1.29 bits per heavy atom. The molecule has 1 rings (SSSR count). The highest BCUT2D eigenvalue weighted by atomic mass is 14.9. The minimum absolute atomic E-state index is 0.408. The van der Waals surface area contributed by atoms with Crippen LogP contribution in [-0.2, 0) is 6.42 Å². The van der Waals surface area contributed by atoms with Crippen LogP contribution in [-0.4, -0.2) is 11.5 Å². The molecular formula is C15H26N2. The van der Waals surface area contributed by atoms with Gasteiger partial charge in [0.1, 0.15) is 0 Å². The smallest absolute Gasteiger partial charge is 0.0605 e. The minimum atomic E-state index is 0.408. The number of hydrogen-bond acceptors (Lipinski definition) is 2. The van der Waals surface area contributed by atoms with E-state index in [4.69, 9.17) is 0 Å². The van der Waals surface area contributed by atoms with Crippen molar-refractivity contribution in [3.8, 4) is 0 Å². The van der Waals surface area contributed by atoms with Gasteiger partial charge >= 0.3 is 0 Å². The molecule has 2 nitrogen and oxygen atoms in total. The molecule has 0 aromatic carbocycles. The molecule has 0 aliphatic rings. The van der Waals surface area contributed by atoms with E-state index in [1.807, 2.05) is 12.3 Å². The first kappa shape index (κ1) is 14.2. The van der Waals surface area contributed by atoms with Crippen molar-refractivity contribution in [3.05, 3.63) is 29.6 Å². The molecule has 2 heteroatoms. The molecule has 0 saturated heterocycles. The molecule has 0 bridgehead atoms. The SMILES string of the molecule is CCNC(CC(C)CC)c1ncccc1CC. The maximum absolute atomic E-state index is 4.59. The maximum Gasteiger partial charge on any atom is 0.0605 e. The molecule has 0 aliphatic heterocycles. The Hall–Kier alpha value is -0.890. The minimum Gasteiger partial charge on any atom is -0.309 e. The number of nitrogens with one attached hydrogen (secondary N) is 1. The van der Waals surface area contributed by atoms with Crippen molar-refractivity contribution in [1.82, 2.24) is 10.3 Å². The van der Waals surface area contributed by atoms with Gasteiger partial charge in [-0.2, -0.15) is 0 Å². The molecule has 0 spiro atoms. The second-order valence-corrected chi connectivity index (χ2v) is 4.76. The summed E-state index contributed by atoms with van der Waals surface area (Å²) in [4.78, 5) is 4.59. The topological polar surface area (TPSA) is 24.9 Å². The van der Waals surface area contributed by atoms with E-state index in [1.54, 1.807) is 0 Å². The van der Waals surface area contributed by atoms with Gasteiger partial charge in [-0.25, -0.2) is 0 Å². The molecule has 0 saturated carbocycles. The van der Waals surface area contributed by atoms with Crippen LogP contribution in [0.5, 0.6) is 0 Å². The second kappa shape index (κ2) is 7.44. The lowest BCUT2D eigenvalue weighted by Crippen LogP contribution is -2.25. The lowest BCUT2D eigenvalue weighted by atomic mass is 9.94. The first-order valence-electron chi connectivity index (χ1n) is 6.90. The predicted octanol–water partition coefficient (Wildman–Crippen LogP) is 3.73. The highest BCUT2D eigenvalue weighted by Crippen LogP contribution is 2.24. The summed E-state index contributed by atoms with van der Waals surface area (Å²) in [6, 6.07) is 4.64. The van der Waals surface area contributed by atoms with Crippen molar-refractivity contribution >= 4 is 0 Å². The predicted molar refractivity (Wildman–Crippen MR) is 74.1 cm³/mol. The van der Waals surface area contributed by atoms with Crippen molar-refractivity contribution in [3.63, 3.8) is 0 Å². The summed E-state index contributed by atoms with van der Waals surface area (Å²) in [5, 5.41) is 3.58. The number of hydrogen-bond donors (Lipinski definition) is 1. The number of aryl methyl sites for hydroxylation is 1. The zero-order valence-electron chi connectivity index (χ0n) is 11.7. The fourth-order valence-electron chi connectivity index (χ4n) is 2.17. The Bertz CT molecular complexity index is 322. The van der Waals surface area contributed by atoms with Crippen LogP contribution in [0.2, 0.25) is 0 Å². The molecule has 0 aliphatic carbocycles. The molecule has 0 fully saturated rings. The Balaban J connectivity index is 2.88. The third-order valence-corrected chi connectivity index (χ3v) is 3.42. The Morgan fingerprint density at radius 2 is 2.06 bits per heavy atom. The van der Waals surface area contributed by atoms with E-state index >= 15 is 0 Å². The van der Waals surface area contributed by atoms with Crippen LogP contribution >= 0.6 is 0 Å². The summed E-state index contributed by atoms with van der Waals surface area (Å²) in [7, 11) is 0. The summed E-state index contributed by atoms with van der Waals surface area (Å²) in [5.74, 6) is 0.741. The molecular weight excluding hydrogens is 208 g/mol. The maximum atomic E-state index is 4.59. The van der Waals surface area contributed by atoms with E-state index < -0.39 is 0 Å². The van der Waals surface area contributed by atoms with Crippen LogP contribution in [0, 0.1) is 5.92 Å². The van der Waals surface area contributed by atoms with Crippen LogP contribution in [0.1, 0.15) is 57.8 Å². The van der Waals surface area contributed by atoms with Crippen LogP contribution in [0.25, 0.3) is 0 Å². The zero-order chi connectivity index (χ0) is 12.7. The monoisotopic (exact) mass is 234 g/mol.